The van der Waals surface area contributed by atoms with Gasteiger partial charge in [-0.1, -0.05) is 0 Å². The van der Waals surface area contributed by atoms with E-state index in [1.165, 1.54) is 22.5 Å². The molecular weight excluding hydrogens is 357 g/mol. The molecule has 0 aliphatic carbocycles. The topological polar surface area (TPSA) is 72.4 Å². The molecular formula is C18H22FN3O3S. The van der Waals surface area contributed by atoms with Crippen LogP contribution in [0.15, 0.2) is 29.2 Å². The maximum Gasteiger partial charge on any atom is 0.317 e. The normalized spacial score (nSPS) is 18.7. The Balaban J connectivity index is 1.79. The Morgan fingerprint density at radius 2 is 1.85 bits per heavy atom. The summed E-state index contributed by atoms with van der Waals surface area (Å²) in [4.78, 5) is 8.64. The van der Waals surface area contributed by atoms with E-state index in [0.29, 0.717) is 18.5 Å². The van der Waals surface area contributed by atoms with Gasteiger partial charge >= 0.3 is 6.01 Å². The molecule has 0 saturated carbocycles. The first-order valence-corrected chi connectivity index (χ1v) is 9.95. The third-order valence-electron chi connectivity index (χ3n) is 4.33. The molecule has 1 fully saturated rings. The van der Waals surface area contributed by atoms with Crippen molar-refractivity contribution < 1.29 is 17.5 Å². The van der Waals surface area contributed by atoms with Gasteiger partial charge in [-0.05, 0) is 63.4 Å². The summed E-state index contributed by atoms with van der Waals surface area (Å²) in [5.41, 5.74) is 2.00. The number of ether oxygens (including phenoxy) is 1. The van der Waals surface area contributed by atoms with Gasteiger partial charge in [-0.25, -0.2) is 22.8 Å². The summed E-state index contributed by atoms with van der Waals surface area (Å²) >= 11 is 0. The smallest absolute Gasteiger partial charge is 0.317 e. The molecule has 26 heavy (non-hydrogen) atoms. The van der Waals surface area contributed by atoms with E-state index in [4.69, 9.17) is 4.74 Å². The van der Waals surface area contributed by atoms with Gasteiger partial charge in [-0.3, -0.25) is 0 Å². The van der Waals surface area contributed by atoms with Gasteiger partial charge in [0.15, 0.2) is 0 Å². The van der Waals surface area contributed by atoms with E-state index in [0.717, 1.165) is 17.8 Å². The van der Waals surface area contributed by atoms with Gasteiger partial charge in [0.2, 0.25) is 10.0 Å². The molecule has 2 heterocycles. The highest BCUT2D eigenvalue weighted by molar-refractivity contribution is 7.89. The van der Waals surface area contributed by atoms with Crippen LogP contribution < -0.4 is 4.74 Å². The molecule has 1 aromatic carbocycles. The Hall–Kier alpha value is -2.06. The number of benzene rings is 1. The van der Waals surface area contributed by atoms with E-state index in [9.17, 15) is 12.8 Å². The van der Waals surface area contributed by atoms with Crippen LogP contribution in [-0.2, 0) is 10.0 Å². The first-order chi connectivity index (χ1) is 12.3. The number of hydrogen-bond acceptors (Lipinski definition) is 5. The molecule has 1 atom stereocenters. The van der Waals surface area contributed by atoms with Crippen molar-refractivity contribution in [3.63, 3.8) is 0 Å². The van der Waals surface area contributed by atoms with Crippen molar-refractivity contribution in [2.75, 3.05) is 13.1 Å². The SMILES string of the molecule is Cc1cc(C)nc(O[C@@H]2CCCN(S(=O)(=O)c3ccc(F)cc3C)C2)n1. The summed E-state index contributed by atoms with van der Waals surface area (Å²) in [7, 11) is -3.71. The predicted molar refractivity (Wildman–Crippen MR) is 95.1 cm³/mol. The molecule has 0 spiro atoms. The minimum atomic E-state index is -3.71. The molecule has 140 valence electrons. The maximum absolute atomic E-state index is 13.3. The van der Waals surface area contributed by atoms with Crippen molar-refractivity contribution in [2.45, 2.75) is 44.6 Å². The second-order valence-electron chi connectivity index (χ2n) is 6.59. The lowest BCUT2D eigenvalue weighted by Crippen LogP contribution is -2.44. The van der Waals surface area contributed by atoms with E-state index < -0.39 is 15.8 Å². The van der Waals surface area contributed by atoms with Crippen LogP contribution in [0, 0.1) is 26.6 Å². The molecule has 1 aliphatic heterocycles. The van der Waals surface area contributed by atoms with Crippen LogP contribution in [0.25, 0.3) is 0 Å². The molecule has 0 radical (unpaired) electrons. The summed E-state index contributed by atoms with van der Waals surface area (Å²) in [6, 6.07) is 5.83. The van der Waals surface area contributed by atoms with E-state index in [1.807, 2.05) is 19.9 Å². The standard InChI is InChI=1S/C18H22FN3O3S/c1-12-9-15(19)6-7-17(12)26(23,24)22-8-4-5-16(11-22)25-18-20-13(2)10-14(3)21-18/h6-7,9-10,16H,4-5,8,11H2,1-3H3/t16-/m1/s1. The van der Waals surface area contributed by atoms with Crippen LogP contribution in [0.4, 0.5) is 4.39 Å². The lowest BCUT2D eigenvalue weighted by Gasteiger charge is -2.32. The van der Waals surface area contributed by atoms with Crippen LogP contribution >= 0.6 is 0 Å². The van der Waals surface area contributed by atoms with Gasteiger partial charge in [-0.2, -0.15) is 4.31 Å². The van der Waals surface area contributed by atoms with Gasteiger partial charge in [0.1, 0.15) is 11.9 Å². The number of sulfonamides is 1. The first-order valence-electron chi connectivity index (χ1n) is 8.51. The van der Waals surface area contributed by atoms with Crippen molar-refractivity contribution in [1.82, 2.24) is 14.3 Å². The molecule has 1 aromatic heterocycles. The van der Waals surface area contributed by atoms with Gasteiger partial charge in [0.25, 0.3) is 0 Å². The zero-order chi connectivity index (χ0) is 18.9. The van der Waals surface area contributed by atoms with Crippen molar-refractivity contribution in [1.29, 1.82) is 0 Å². The fourth-order valence-electron chi connectivity index (χ4n) is 3.16. The van der Waals surface area contributed by atoms with Crippen molar-refractivity contribution in [3.8, 4) is 6.01 Å². The fourth-order valence-corrected chi connectivity index (χ4v) is 4.87. The van der Waals surface area contributed by atoms with E-state index >= 15 is 0 Å². The monoisotopic (exact) mass is 379 g/mol. The Bertz CT molecular complexity index is 898. The molecule has 2 aromatic rings. The quantitative estimate of drug-likeness (QED) is 0.817. The molecule has 1 aliphatic rings. The van der Waals surface area contributed by atoms with Crippen LogP contribution in [0.5, 0.6) is 6.01 Å². The van der Waals surface area contributed by atoms with Gasteiger partial charge in [0.05, 0.1) is 11.4 Å². The second-order valence-corrected chi connectivity index (χ2v) is 8.49. The number of halogens is 1. The minimum absolute atomic E-state index is 0.127. The molecule has 0 amide bonds. The average molecular weight is 379 g/mol. The number of hydrogen-bond donors (Lipinski definition) is 0. The van der Waals surface area contributed by atoms with Crippen molar-refractivity contribution in [3.05, 3.63) is 47.0 Å². The largest absolute Gasteiger partial charge is 0.459 e. The summed E-state index contributed by atoms with van der Waals surface area (Å²) in [6.45, 7) is 5.94. The molecule has 8 heteroatoms. The number of aromatic nitrogens is 2. The molecule has 1 saturated heterocycles. The predicted octanol–water partition coefficient (Wildman–Crippen LogP) is 2.77. The summed E-state index contributed by atoms with van der Waals surface area (Å²) in [6.07, 6.45) is 1.08. The van der Waals surface area contributed by atoms with Crippen molar-refractivity contribution in [2.24, 2.45) is 0 Å². The summed E-state index contributed by atoms with van der Waals surface area (Å²) in [5, 5.41) is 0. The lowest BCUT2D eigenvalue weighted by atomic mass is 10.1. The highest BCUT2D eigenvalue weighted by Crippen LogP contribution is 2.25. The first kappa shape index (κ1) is 18.7. The van der Waals surface area contributed by atoms with Crippen LogP contribution in [0.2, 0.25) is 0 Å². The van der Waals surface area contributed by atoms with E-state index in [2.05, 4.69) is 9.97 Å². The Labute approximate surface area is 153 Å². The molecule has 0 N–H and O–H groups in total. The third-order valence-corrected chi connectivity index (χ3v) is 6.35. The summed E-state index contributed by atoms with van der Waals surface area (Å²) in [5.74, 6) is -0.451. The van der Waals surface area contributed by atoms with E-state index in [-0.39, 0.29) is 23.6 Å². The highest BCUT2D eigenvalue weighted by Gasteiger charge is 2.32. The highest BCUT2D eigenvalue weighted by atomic mass is 32.2. The Kier molecular flexibility index (Phi) is 5.24. The lowest BCUT2D eigenvalue weighted by molar-refractivity contribution is 0.118. The van der Waals surface area contributed by atoms with Crippen molar-refractivity contribution >= 4 is 10.0 Å². The molecule has 3 rings (SSSR count). The molecule has 0 unspecified atom stereocenters. The zero-order valence-corrected chi connectivity index (χ0v) is 15.9. The summed E-state index contributed by atoms with van der Waals surface area (Å²) < 4.78 is 46.4. The van der Waals surface area contributed by atoms with Crippen LogP contribution in [0.1, 0.15) is 29.8 Å². The fraction of sp³-hybridized carbons (Fsp3) is 0.444. The maximum atomic E-state index is 13.3. The second kappa shape index (κ2) is 7.28. The van der Waals surface area contributed by atoms with Gasteiger partial charge in [0, 0.05) is 17.9 Å². The van der Waals surface area contributed by atoms with Gasteiger partial charge in [-0.15, -0.1) is 0 Å². The number of piperidine rings is 1. The number of aryl methyl sites for hydroxylation is 3. The van der Waals surface area contributed by atoms with Gasteiger partial charge < -0.3 is 4.74 Å². The zero-order valence-electron chi connectivity index (χ0n) is 15.1. The molecule has 0 bridgehead atoms. The number of nitrogens with zero attached hydrogens (tertiary/aromatic N) is 3. The number of rotatable bonds is 4. The minimum Gasteiger partial charge on any atom is -0.459 e. The van der Waals surface area contributed by atoms with Crippen LogP contribution in [-0.4, -0.2) is 41.9 Å². The third kappa shape index (κ3) is 4.02. The Morgan fingerprint density at radius 1 is 1.15 bits per heavy atom. The van der Waals surface area contributed by atoms with Crippen LogP contribution in [0.3, 0.4) is 0 Å². The molecule has 6 nitrogen and oxygen atoms in total. The Morgan fingerprint density at radius 3 is 2.50 bits per heavy atom. The van der Waals surface area contributed by atoms with E-state index in [1.54, 1.807) is 6.92 Å². The average Bonchev–Trinajstić information content (AvgIpc) is 2.53.